The van der Waals surface area contributed by atoms with Gasteiger partial charge in [0.05, 0.1) is 23.7 Å². The standard InChI is InChI=1S/C19H26N4O3/c1-3-23-17-9-5-4-8-15(17)16(21-23)11-20-19(25)14-7-6-10-22(12-14)18(24)13-26-2/h4-5,8-9,14H,3,6-7,10-13H2,1-2H3,(H,20,25)/t14-/m0/s1. The molecule has 1 aromatic heterocycles. The summed E-state index contributed by atoms with van der Waals surface area (Å²) in [5.41, 5.74) is 1.95. The van der Waals surface area contributed by atoms with Crippen LogP contribution in [-0.4, -0.2) is 53.3 Å². The van der Waals surface area contributed by atoms with Gasteiger partial charge in [-0.3, -0.25) is 14.3 Å². The Bertz CT molecular complexity index is 786. The first-order valence-corrected chi connectivity index (χ1v) is 9.12. The number of carbonyl (C=O) groups excluding carboxylic acids is 2. The van der Waals surface area contributed by atoms with Crippen LogP contribution in [0.25, 0.3) is 10.9 Å². The Morgan fingerprint density at radius 2 is 2.15 bits per heavy atom. The van der Waals surface area contributed by atoms with Crippen molar-refractivity contribution < 1.29 is 14.3 Å². The number of fused-ring (bicyclic) bond motifs is 1. The van der Waals surface area contributed by atoms with E-state index in [2.05, 4.69) is 17.3 Å². The highest BCUT2D eigenvalue weighted by Gasteiger charge is 2.28. The fourth-order valence-corrected chi connectivity index (χ4v) is 3.52. The molecule has 1 aliphatic rings. The molecule has 7 nitrogen and oxygen atoms in total. The zero-order valence-corrected chi connectivity index (χ0v) is 15.4. The van der Waals surface area contributed by atoms with Crippen molar-refractivity contribution in [1.82, 2.24) is 20.0 Å². The number of piperidine rings is 1. The molecule has 26 heavy (non-hydrogen) atoms. The van der Waals surface area contributed by atoms with Crippen LogP contribution in [0.15, 0.2) is 24.3 Å². The number of para-hydroxylation sites is 1. The summed E-state index contributed by atoms with van der Waals surface area (Å²) in [5, 5.41) is 8.68. The largest absolute Gasteiger partial charge is 0.375 e. The molecule has 1 saturated heterocycles. The van der Waals surface area contributed by atoms with E-state index in [1.54, 1.807) is 4.90 Å². The minimum Gasteiger partial charge on any atom is -0.375 e. The molecule has 1 atom stereocenters. The van der Waals surface area contributed by atoms with Gasteiger partial charge in [-0.15, -0.1) is 0 Å². The zero-order valence-electron chi connectivity index (χ0n) is 15.4. The number of nitrogens with zero attached hydrogens (tertiary/aromatic N) is 3. The summed E-state index contributed by atoms with van der Waals surface area (Å²) in [7, 11) is 1.51. The molecule has 1 N–H and O–H groups in total. The Balaban J connectivity index is 1.63. The van der Waals surface area contributed by atoms with Gasteiger partial charge < -0.3 is 15.0 Å². The molecule has 2 heterocycles. The predicted molar refractivity (Wildman–Crippen MR) is 98.4 cm³/mol. The third-order valence-corrected chi connectivity index (χ3v) is 4.88. The van der Waals surface area contributed by atoms with Crippen LogP contribution >= 0.6 is 0 Å². The van der Waals surface area contributed by atoms with Crippen LogP contribution in [0.3, 0.4) is 0 Å². The van der Waals surface area contributed by atoms with Gasteiger partial charge in [0.15, 0.2) is 0 Å². The molecule has 1 fully saturated rings. The Morgan fingerprint density at radius 3 is 2.92 bits per heavy atom. The molecule has 1 aromatic carbocycles. The number of carbonyl (C=O) groups is 2. The number of hydrogen-bond donors (Lipinski definition) is 1. The van der Waals surface area contributed by atoms with Crippen LogP contribution in [0.5, 0.6) is 0 Å². The maximum atomic E-state index is 12.6. The van der Waals surface area contributed by atoms with Gasteiger partial charge in [0.25, 0.3) is 0 Å². The van der Waals surface area contributed by atoms with Gasteiger partial charge in [0.1, 0.15) is 6.61 Å². The lowest BCUT2D eigenvalue weighted by Crippen LogP contribution is -2.46. The lowest BCUT2D eigenvalue weighted by Gasteiger charge is -2.31. The predicted octanol–water partition coefficient (Wildman–Crippen LogP) is 1.56. The lowest BCUT2D eigenvalue weighted by molar-refractivity contribution is -0.139. The minimum absolute atomic E-state index is 0.0185. The van der Waals surface area contributed by atoms with Crippen LogP contribution in [0.1, 0.15) is 25.5 Å². The maximum absolute atomic E-state index is 12.6. The summed E-state index contributed by atoms with van der Waals surface area (Å²) in [4.78, 5) is 26.3. The Hall–Kier alpha value is -2.41. The highest BCUT2D eigenvalue weighted by atomic mass is 16.5. The topological polar surface area (TPSA) is 76.5 Å². The first-order valence-electron chi connectivity index (χ1n) is 9.12. The Kier molecular flexibility index (Phi) is 5.88. The van der Waals surface area contributed by atoms with Crippen LogP contribution in [0.4, 0.5) is 0 Å². The highest BCUT2D eigenvalue weighted by Crippen LogP contribution is 2.20. The molecular formula is C19H26N4O3. The summed E-state index contributed by atoms with van der Waals surface area (Å²) in [6, 6.07) is 8.04. The van der Waals surface area contributed by atoms with E-state index in [0.29, 0.717) is 19.6 Å². The molecule has 1 aliphatic heterocycles. The van der Waals surface area contributed by atoms with Crippen molar-refractivity contribution in [3.05, 3.63) is 30.0 Å². The van der Waals surface area contributed by atoms with Crippen molar-refractivity contribution in [2.75, 3.05) is 26.8 Å². The molecule has 2 amide bonds. The first kappa shape index (κ1) is 18.4. The molecule has 0 bridgehead atoms. The van der Waals surface area contributed by atoms with Crippen molar-refractivity contribution in [2.45, 2.75) is 32.9 Å². The van der Waals surface area contributed by atoms with Crippen LogP contribution in [0, 0.1) is 5.92 Å². The van der Waals surface area contributed by atoms with E-state index in [-0.39, 0.29) is 24.3 Å². The molecule has 0 aliphatic carbocycles. The third-order valence-electron chi connectivity index (χ3n) is 4.88. The minimum atomic E-state index is -0.177. The number of nitrogens with one attached hydrogen (secondary N) is 1. The second-order valence-electron chi connectivity index (χ2n) is 6.61. The molecular weight excluding hydrogens is 332 g/mol. The molecule has 3 rings (SSSR count). The Labute approximate surface area is 153 Å². The first-order chi connectivity index (χ1) is 12.6. The average molecular weight is 358 g/mol. The van der Waals surface area contributed by atoms with E-state index in [4.69, 9.17) is 4.74 Å². The second kappa shape index (κ2) is 8.31. The van der Waals surface area contributed by atoms with Crippen molar-refractivity contribution >= 4 is 22.7 Å². The van der Waals surface area contributed by atoms with E-state index in [0.717, 1.165) is 36.0 Å². The number of rotatable bonds is 6. The molecule has 0 radical (unpaired) electrons. The Morgan fingerprint density at radius 1 is 1.35 bits per heavy atom. The van der Waals surface area contributed by atoms with Gasteiger partial charge in [-0.05, 0) is 25.8 Å². The van der Waals surface area contributed by atoms with Crippen molar-refractivity contribution in [3.8, 4) is 0 Å². The monoisotopic (exact) mass is 358 g/mol. The van der Waals surface area contributed by atoms with E-state index in [1.807, 2.05) is 28.9 Å². The number of aryl methyl sites for hydroxylation is 1. The summed E-state index contributed by atoms with van der Waals surface area (Å²) in [5.74, 6) is -0.253. The van der Waals surface area contributed by atoms with Crippen LogP contribution in [0.2, 0.25) is 0 Å². The third kappa shape index (κ3) is 3.88. The molecule has 140 valence electrons. The van der Waals surface area contributed by atoms with Crippen LogP contribution in [-0.2, 0) is 27.4 Å². The van der Waals surface area contributed by atoms with Crippen molar-refractivity contribution in [1.29, 1.82) is 0 Å². The fraction of sp³-hybridized carbons (Fsp3) is 0.526. The van der Waals surface area contributed by atoms with Gasteiger partial charge in [-0.1, -0.05) is 18.2 Å². The fourth-order valence-electron chi connectivity index (χ4n) is 3.52. The van der Waals surface area contributed by atoms with E-state index in [1.165, 1.54) is 7.11 Å². The summed E-state index contributed by atoms with van der Waals surface area (Å²) in [6.07, 6.45) is 1.63. The smallest absolute Gasteiger partial charge is 0.248 e. The van der Waals surface area contributed by atoms with Gasteiger partial charge in [-0.25, -0.2) is 0 Å². The van der Waals surface area contributed by atoms with Gasteiger partial charge >= 0.3 is 0 Å². The SMILES string of the molecule is CCn1nc(CNC(=O)[C@H]2CCCN(C(=O)COC)C2)c2ccccc21. The highest BCUT2D eigenvalue weighted by molar-refractivity contribution is 5.84. The number of amides is 2. The summed E-state index contributed by atoms with van der Waals surface area (Å²) >= 11 is 0. The van der Waals surface area contributed by atoms with Crippen molar-refractivity contribution in [2.24, 2.45) is 5.92 Å². The molecule has 7 heteroatoms. The molecule has 0 spiro atoms. The van der Waals surface area contributed by atoms with Crippen molar-refractivity contribution in [3.63, 3.8) is 0 Å². The quantitative estimate of drug-likeness (QED) is 0.850. The average Bonchev–Trinajstić information content (AvgIpc) is 3.04. The summed E-state index contributed by atoms with van der Waals surface area (Å²) in [6.45, 7) is 4.45. The molecule has 0 unspecified atom stereocenters. The van der Waals surface area contributed by atoms with E-state index >= 15 is 0 Å². The molecule has 2 aromatic rings. The number of hydrogen-bond acceptors (Lipinski definition) is 4. The second-order valence-corrected chi connectivity index (χ2v) is 6.61. The number of aromatic nitrogens is 2. The van der Waals surface area contributed by atoms with Gasteiger partial charge in [0.2, 0.25) is 11.8 Å². The molecule has 0 saturated carbocycles. The maximum Gasteiger partial charge on any atom is 0.248 e. The normalized spacial score (nSPS) is 17.5. The van der Waals surface area contributed by atoms with E-state index in [9.17, 15) is 9.59 Å². The van der Waals surface area contributed by atoms with Crippen LogP contribution < -0.4 is 5.32 Å². The number of benzene rings is 1. The number of likely N-dealkylation sites (tertiary alicyclic amines) is 1. The van der Waals surface area contributed by atoms with Gasteiger partial charge in [-0.2, -0.15) is 5.10 Å². The van der Waals surface area contributed by atoms with E-state index < -0.39 is 0 Å². The lowest BCUT2D eigenvalue weighted by atomic mass is 9.97. The summed E-state index contributed by atoms with van der Waals surface area (Å²) < 4.78 is 6.86. The zero-order chi connectivity index (χ0) is 18.5. The number of methoxy groups -OCH3 is 1. The van der Waals surface area contributed by atoms with Gasteiger partial charge in [0, 0.05) is 32.1 Å². The number of ether oxygens (including phenoxy) is 1.